The molecule has 0 saturated carbocycles. The number of isocyanates is 1. The molecule has 3 heteroatoms. The number of aryl methyl sites for hydroxylation is 2. The number of carbonyl (C=O) groups excluding carboxylic acids is 1. The van der Waals surface area contributed by atoms with E-state index in [-0.39, 0.29) is 0 Å². The predicted molar refractivity (Wildman–Crippen MR) is 103 cm³/mol. The second kappa shape index (κ2) is 9.36. The topological polar surface area (TPSA) is 38.7 Å². The molecule has 0 fully saturated rings. The van der Waals surface area contributed by atoms with Crippen molar-refractivity contribution >= 4 is 11.8 Å². The van der Waals surface area contributed by atoms with E-state index in [0.29, 0.717) is 12.3 Å². The van der Waals surface area contributed by atoms with E-state index in [1.165, 1.54) is 5.56 Å². The van der Waals surface area contributed by atoms with Crippen LogP contribution in [-0.4, -0.2) is 6.08 Å². The summed E-state index contributed by atoms with van der Waals surface area (Å²) in [5.41, 5.74) is 4.12. The minimum atomic E-state index is 0.564. The van der Waals surface area contributed by atoms with Gasteiger partial charge in [-0.1, -0.05) is 66.7 Å². The van der Waals surface area contributed by atoms with E-state index in [2.05, 4.69) is 23.2 Å². The fraction of sp³-hybridized carbons (Fsp3) is 0.174. The highest BCUT2D eigenvalue weighted by Gasteiger charge is 2.05. The number of hydrogen-bond donors (Lipinski definition) is 0. The van der Waals surface area contributed by atoms with Crippen LogP contribution in [0.25, 0.3) is 0 Å². The molecule has 3 aromatic rings. The molecule has 130 valence electrons. The lowest BCUT2D eigenvalue weighted by Crippen LogP contribution is -1.99. The number of benzene rings is 3. The fourth-order valence-electron chi connectivity index (χ4n) is 2.94. The summed E-state index contributed by atoms with van der Waals surface area (Å²) in [5.74, 6) is 0.926. The summed E-state index contributed by atoms with van der Waals surface area (Å²) >= 11 is 0. The van der Waals surface area contributed by atoms with Crippen molar-refractivity contribution in [3.8, 4) is 5.75 Å². The maximum absolute atomic E-state index is 10.5. The molecule has 0 bridgehead atoms. The van der Waals surface area contributed by atoms with Crippen molar-refractivity contribution in [2.24, 2.45) is 4.99 Å². The first kappa shape index (κ1) is 17.7. The van der Waals surface area contributed by atoms with Gasteiger partial charge < -0.3 is 4.74 Å². The van der Waals surface area contributed by atoms with Gasteiger partial charge in [-0.2, -0.15) is 4.99 Å². The molecule has 3 nitrogen and oxygen atoms in total. The van der Waals surface area contributed by atoms with Gasteiger partial charge in [0, 0.05) is 0 Å². The second-order valence-corrected chi connectivity index (χ2v) is 6.07. The van der Waals surface area contributed by atoms with Gasteiger partial charge in [0.15, 0.2) is 0 Å². The third-order valence-corrected chi connectivity index (χ3v) is 4.26. The van der Waals surface area contributed by atoms with Gasteiger partial charge in [-0.3, -0.25) is 0 Å². The summed E-state index contributed by atoms with van der Waals surface area (Å²) in [5, 5.41) is 0. The van der Waals surface area contributed by atoms with Gasteiger partial charge in [0.25, 0.3) is 0 Å². The van der Waals surface area contributed by atoms with Crippen LogP contribution < -0.4 is 4.74 Å². The number of para-hydroxylation sites is 2. The van der Waals surface area contributed by atoms with Gasteiger partial charge in [-0.15, -0.1) is 0 Å². The SMILES string of the molecule is O=C=Nc1ccccc1CCCc1ccccc1OCc1ccccc1. The molecule has 0 N–H and O–H groups in total. The molecule has 3 aromatic carbocycles. The van der Waals surface area contributed by atoms with Crippen LogP contribution in [0.5, 0.6) is 5.75 Å². The van der Waals surface area contributed by atoms with Gasteiger partial charge in [-0.05, 0) is 48.1 Å². The Morgan fingerprint density at radius 3 is 2.23 bits per heavy atom. The maximum Gasteiger partial charge on any atom is 0.240 e. The Morgan fingerprint density at radius 2 is 1.42 bits per heavy atom. The molecule has 0 aliphatic rings. The Kier molecular flexibility index (Phi) is 6.35. The maximum atomic E-state index is 10.5. The lowest BCUT2D eigenvalue weighted by atomic mass is 10.0. The van der Waals surface area contributed by atoms with Crippen LogP contribution in [0.3, 0.4) is 0 Å². The number of hydrogen-bond acceptors (Lipinski definition) is 3. The summed E-state index contributed by atoms with van der Waals surface area (Å²) in [7, 11) is 0. The zero-order valence-corrected chi connectivity index (χ0v) is 14.6. The molecule has 0 unspecified atom stereocenters. The molecule has 0 amide bonds. The summed E-state index contributed by atoms with van der Waals surface area (Å²) in [4.78, 5) is 14.3. The molecule has 0 spiro atoms. The molecule has 0 aromatic heterocycles. The molecule has 0 aliphatic heterocycles. The number of nitrogens with zero attached hydrogens (tertiary/aromatic N) is 1. The van der Waals surface area contributed by atoms with Gasteiger partial charge in [-0.25, -0.2) is 4.79 Å². The van der Waals surface area contributed by atoms with E-state index in [0.717, 1.165) is 36.1 Å². The molecule has 0 heterocycles. The van der Waals surface area contributed by atoms with Crippen molar-refractivity contribution in [3.63, 3.8) is 0 Å². The number of aliphatic imine (C=N–C) groups is 1. The minimum Gasteiger partial charge on any atom is -0.489 e. The van der Waals surface area contributed by atoms with Crippen LogP contribution in [0, 0.1) is 0 Å². The third-order valence-electron chi connectivity index (χ3n) is 4.26. The van der Waals surface area contributed by atoms with Crippen molar-refractivity contribution in [1.29, 1.82) is 0 Å². The average molecular weight is 343 g/mol. The Balaban J connectivity index is 1.61. The zero-order chi connectivity index (χ0) is 18.0. The van der Waals surface area contributed by atoms with Gasteiger partial charge in [0.2, 0.25) is 6.08 Å². The highest BCUT2D eigenvalue weighted by molar-refractivity contribution is 5.53. The highest BCUT2D eigenvalue weighted by Crippen LogP contribution is 2.24. The highest BCUT2D eigenvalue weighted by atomic mass is 16.5. The lowest BCUT2D eigenvalue weighted by molar-refractivity contribution is 0.302. The van der Waals surface area contributed by atoms with Crippen LogP contribution in [0.1, 0.15) is 23.1 Å². The minimum absolute atomic E-state index is 0.564. The molecule has 0 saturated heterocycles. The van der Waals surface area contributed by atoms with Crippen LogP contribution >= 0.6 is 0 Å². The van der Waals surface area contributed by atoms with Crippen molar-refractivity contribution in [2.75, 3.05) is 0 Å². The van der Waals surface area contributed by atoms with Crippen LogP contribution in [-0.2, 0) is 24.2 Å². The van der Waals surface area contributed by atoms with E-state index in [4.69, 9.17) is 4.74 Å². The second-order valence-electron chi connectivity index (χ2n) is 6.07. The molecular weight excluding hydrogens is 322 g/mol. The summed E-state index contributed by atoms with van der Waals surface area (Å²) in [6.07, 6.45) is 4.35. The summed E-state index contributed by atoms with van der Waals surface area (Å²) < 4.78 is 6.02. The number of rotatable bonds is 8. The van der Waals surface area contributed by atoms with E-state index in [9.17, 15) is 4.79 Å². The molecule has 26 heavy (non-hydrogen) atoms. The monoisotopic (exact) mass is 343 g/mol. The van der Waals surface area contributed by atoms with E-state index in [1.807, 2.05) is 60.7 Å². The van der Waals surface area contributed by atoms with Gasteiger partial charge in [0.1, 0.15) is 12.4 Å². The Hall–Kier alpha value is -3.16. The predicted octanol–water partition coefficient (Wildman–Crippen LogP) is 5.41. The lowest BCUT2D eigenvalue weighted by Gasteiger charge is -2.12. The smallest absolute Gasteiger partial charge is 0.240 e. The quantitative estimate of drug-likeness (QED) is 0.405. The van der Waals surface area contributed by atoms with Crippen molar-refractivity contribution in [1.82, 2.24) is 0 Å². The third kappa shape index (κ3) is 4.92. The number of ether oxygens (including phenoxy) is 1. The summed E-state index contributed by atoms with van der Waals surface area (Å²) in [6, 6.07) is 26.0. The molecule has 0 atom stereocenters. The molecule has 3 rings (SSSR count). The van der Waals surface area contributed by atoms with E-state index in [1.54, 1.807) is 6.08 Å². The van der Waals surface area contributed by atoms with Crippen molar-refractivity contribution in [3.05, 3.63) is 95.6 Å². The zero-order valence-electron chi connectivity index (χ0n) is 14.6. The largest absolute Gasteiger partial charge is 0.489 e. The van der Waals surface area contributed by atoms with Crippen LogP contribution in [0.4, 0.5) is 5.69 Å². The Labute approximate surface area is 154 Å². The molecule has 0 aliphatic carbocycles. The van der Waals surface area contributed by atoms with Crippen molar-refractivity contribution < 1.29 is 9.53 Å². The fourth-order valence-corrected chi connectivity index (χ4v) is 2.94. The van der Waals surface area contributed by atoms with E-state index >= 15 is 0 Å². The molecule has 0 radical (unpaired) electrons. The first-order valence-electron chi connectivity index (χ1n) is 8.77. The van der Waals surface area contributed by atoms with E-state index < -0.39 is 0 Å². The standard InChI is InChI=1S/C23H21NO2/c25-18-24-22-15-6-4-11-20(22)13-8-14-21-12-5-7-16-23(21)26-17-19-9-2-1-3-10-19/h1-7,9-12,15-16H,8,13-14,17H2. The summed E-state index contributed by atoms with van der Waals surface area (Å²) in [6.45, 7) is 0.564. The normalized spacial score (nSPS) is 10.2. The first-order valence-corrected chi connectivity index (χ1v) is 8.77. The molecular formula is C23H21NO2. The van der Waals surface area contributed by atoms with Gasteiger partial charge in [0.05, 0.1) is 5.69 Å². The van der Waals surface area contributed by atoms with Crippen LogP contribution in [0.15, 0.2) is 83.9 Å². The van der Waals surface area contributed by atoms with Crippen molar-refractivity contribution in [2.45, 2.75) is 25.9 Å². The van der Waals surface area contributed by atoms with Crippen LogP contribution in [0.2, 0.25) is 0 Å². The van der Waals surface area contributed by atoms with Gasteiger partial charge >= 0.3 is 0 Å². The first-order chi connectivity index (χ1) is 12.9. The Bertz CT molecular complexity index is 883. The average Bonchev–Trinajstić information content (AvgIpc) is 2.69. The Morgan fingerprint density at radius 1 is 0.769 bits per heavy atom.